The summed E-state index contributed by atoms with van der Waals surface area (Å²) in [6.07, 6.45) is 4.11. The van der Waals surface area contributed by atoms with E-state index in [4.69, 9.17) is 0 Å². The van der Waals surface area contributed by atoms with Gasteiger partial charge in [0.25, 0.3) is 0 Å². The second-order valence-corrected chi connectivity index (χ2v) is 4.94. The second-order valence-electron chi connectivity index (χ2n) is 4.94. The molecule has 1 aliphatic heterocycles. The lowest BCUT2D eigenvalue weighted by molar-refractivity contribution is 0.373. The molecule has 14 heavy (non-hydrogen) atoms. The van der Waals surface area contributed by atoms with Crippen molar-refractivity contribution in [1.29, 1.82) is 0 Å². The Morgan fingerprint density at radius 3 is 2.57 bits per heavy atom. The Kier molecular flexibility index (Phi) is 1.72. The molecule has 0 aromatic heterocycles. The summed E-state index contributed by atoms with van der Waals surface area (Å²) in [7, 11) is 0. The van der Waals surface area contributed by atoms with Crippen molar-refractivity contribution in [2.45, 2.75) is 31.7 Å². The number of piperidine rings is 1. The third-order valence-electron chi connectivity index (χ3n) is 3.95. The highest BCUT2D eigenvalue weighted by Gasteiger charge is 2.45. The highest BCUT2D eigenvalue weighted by Crippen LogP contribution is 2.46. The van der Waals surface area contributed by atoms with Crippen molar-refractivity contribution >= 4 is 0 Å². The fourth-order valence-electron chi connectivity index (χ4n) is 3.06. The lowest BCUT2D eigenvalue weighted by atomic mass is 9.89. The predicted molar refractivity (Wildman–Crippen MR) is 58.2 cm³/mol. The molecule has 2 unspecified atom stereocenters. The van der Waals surface area contributed by atoms with Gasteiger partial charge in [-0.25, -0.2) is 0 Å². The van der Waals surface area contributed by atoms with Crippen LogP contribution >= 0.6 is 0 Å². The molecule has 0 amide bonds. The van der Waals surface area contributed by atoms with Crippen LogP contribution in [0, 0.1) is 12.8 Å². The third-order valence-corrected chi connectivity index (χ3v) is 3.95. The van der Waals surface area contributed by atoms with Gasteiger partial charge in [-0.1, -0.05) is 29.8 Å². The van der Waals surface area contributed by atoms with E-state index in [0.29, 0.717) is 5.54 Å². The summed E-state index contributed by atoms with van der Waals surface area (Å²) in [6, 6.07) is 9.07. The molecule has 1 aromatic rings. The van der Waals surface area contributed by atoms with E-state index in [-0.39, 0.29) is 0 Å². The molecule has 1 nitrogen and oxygen atoms in total. The topological polar surface area (TPSA) is 12.0 Å². The zero-order chi connectivity index (χ0) is 9.60. The molecule has 1 saturated heterocycles. The molecule has 2 bridgehead atoms. The number of rotatable bonds is 1. The van der Waals surface area contributed by atoms with Crippen LogP contribution in [0.1, 0.15) is 30.4 Å². The van der Waals surface area contributed by atoms with Crippen molar-refractivity contribution in [1.82, 2.24) is 5.32 Å². The zero-order valence-corrected chi connectivity index (χ0v) is 8.72. The van der Waals surface area contributed by atoms with Gasteiger partial charge in [-0.2, -0.15) is 0 Å². The molecule has 1 N–H and O–H groups in total. The van der Waals surface area contributed by atoms with Gasteiger partial charge in [0.2, 0.25) is 0 Å². The minimum Gasteiger partial charge on any atom is -0.307 e. The van der Waals surface area contributed by atoms with E-state index in [0.717, 1.165) is 5.92 Å². The van der Waals surface area contributed by atoms with E-state index >= 15 is 0 Å². The lowest BCUT2D eigenvalue weighted by Gasteiger charge is -2.28. The fraction of sp³-hybridized carbons (Fsp3) is 0.538. The van der Waals surface area contributed by atoms with Crippen LogP contribution in [0.15, 0.2) is 24.3 Å². The van der Waals surface area contributed by atoms with Gasteiger partial charge in [0.15, 0.2) is 0 Å². The van der Waals surface area contributed by atoms with Gasteiger partial charge in [-0.15, -0.1) is 0 Å². The summed E-state index contributed by atoms with van der Waals surface area (Å²) in [5, 5.41) is 3.71. The first-order valence-electron chi connectivity index (χ1n) is 5.61. The molecule has 0 spiro atoms. The van der Waals surface area contributed by atoms with Crippen LogP contribution in [0.2, 0.25) is 0 Å². The van der Waals surface area contributed by atoms with Crippen LogP contribution in [0.3, 0.4) is 0 Å². The van der Waals surface area contributed by atoms with Crippen LogP contribution in [0.4, 0.5) is 0 Å². The summed E-state index contributed by atoms with van der Waals surface area (Å²) in [5.41, 5.74) is 3.21. The summed E-state index contributed by atoms with van der Waals surface area (Å²) in [6.45, 7) is 3.38. The van der Waals surface area contributed by atoms with Crippen molar-refractivity contribution in [2.24, 2.45) is 5.92 Å². The molecular formula is C13H17N. The molecule has 2 fully saturated rings. The van der Waals surface area contributed by atoms with E-state index in [1.165, 1.54) is 36.9 Å². The first-order chi connectivity index (χ1) is 6.78. The smallest absolute Gasteiger partial charge is 0.0437 e. The van der Waals surface area contributed by atoms with Crippen molar-refractivity contribution in [3.8, 4) is 0 Å². The number of nitrogens with one attached hydrogen (secondary N) is 1. The molecule has 1 aromatic carbocycles. The number of aryl methyl sites for hydroxylation is 1. The molecular weight excluding hydrogens is 170 g/mol. The number of hydrogen-bond acceptors (Lipinski definition) is 1. The molecule has 2 atom stereocenters. The fourth-order valence-corrected chi connectivity index (χ4v) is 3.06. The standard InChI is InChI=1S/C13H17N/c1-10-2-4-12(5-3-10)13-7-6-11(8-13)9-14-13/h2-5,11,14H,6-9H2,1H3. The maximum Gasteiger partial charge on any atom is 0.0437 e. The highest BCUT2D eigenvalue weighted by atomic mass is 15.0. The second kappa shape index (κ2) is 2.83. The third kappa shape index (κ3) is 1.12. The van der Waals surface area contributed by atoms with E-state index in [9.17, 15) is 0 Å². The minimum atomic E-state index is 0.346. The van der Waals surface area contributed by atoms with Crippen molar-refractivity contribution in [2.75, 3.05) is 6.54 Å². The largest absolute Gasteiger partial charge is 0.307 e. The van der Waals surface area contributed by atoms with Crippen molar-refractivity contribution in [3.63, 3.8) is 0 Å². The zero-order valence-electron chi connectivity index (χ0n) is 8.72. The summed E-state index contributed by atoms with van der Waals surface area (Å²) < 4.78 is 0. The van der Waals surface area contributed by atoms with Crippen LogP contribution < -0.4 is 5.32 Å². The first kappa shape index (κ1) is 8.49. The van der Waals surface area contributed by atoms with Crippen LogP contribution in [-0.2, 0) is 5.54 Å². The average molecular weight is 187 g/mol. The Morgan fingerprint density at radius 2 is 2.07 bits per heavy atom. The quantitative estimate of drug-likeness (QED) is 0.712. The van der Waals surface area contributed by atoms with Gasteiger partial charge in [-0.05, 0) is 44.2 Å². The molecule has 3 rings (SSSR count). The van der Waals surface area contributed by atoms with Gasteiger partial charge >= 0.3 is 0 Å². The molecule has 1 saturated carbocycles. The minimum absolute atomic E-state index is 0.346. The monoisotopic (exact) mass is 187 g/mol. The molecule has 1 heteroatoms. The van der Waals surface area contributed by atoms with Gasteiger partial charge in [-0.3, -0.25) is 0 Å². The first-order valence-corrected chi connectivity index (χ1v) is 5.61. The lowest BCUT2D eigenvalue weighted by Crippen LogP contribution is -2.37. The average Bonchev–Trinajstić information content (AvgIpc) is 2.79. The SMILES string of the molecule is Cc1ccc(C23CCC(CN2)C3)cc1. The number of fused-ring (bicyclic) bond motifs is 2. The van der Waals surface area contributed by atoms with E-state index in [2.05, 4.69) is 36.5 Å². The Balaban J connectivity index is 1.98. The number of benzene rings is 1. The molecule has 1 heterocycles. The highest BCUT2D eigenvalue weighted by molar-refractivity contribution is 5.30. The maximum atomic E-state index is 3.71. The Bertz CT molecular complexity index is 331. The van der Waals surface area contributed by atoms with Crippen LogP contribution in [0.5, 0.6) is 0 Å². The van der Waals surface area contributed by atoms with Gasteiger partial charge in [0.05, 0.1) is 0 Å². The predicted octanol–water partition coefficient (Wildman–Crippen LogP) is 2.59. The molecule has 0 radical (unpaired) electrons. The van der Waals surface area contributed by atoms with Gasteiger partial charge < -0.3 is 5.32 Å². The summed E-state index contributed by atoms with van der Waals surface area (Å²) in [5.74, 6) is 0.941. The van der Waals surface area contributed by atoms with Crippen molar-refractivity contribution in [3.05, 3.63) is 35.4 Å². The summed E-state index contributed by atoms with van der Waals surface area (Å²) in [4.78, 5) is 0. The molecule has 1 aliphatic carbocycles. The van der Waals surface area contributed by atoms with E-state index < -0.39 is 0 Å². The van der Waals surface area contributed by atoms with E-state index in [1.54, 1.807) is 0 Å². The Hall–Kier alpha value is -0.820. The van der Waals surface area contributed by atoms with Crippen LogP contribution in [0.25, 0.3) is 0 Å². The van der Waals surface area contributed by atoms with Gasteiger partial charge in [0, 0.05) is 5.54 Å². The maximum absolute atomic E-state index is 3.71. The van der Waals surface area contributed by atoms with Crippen molar-refractivity contribution < 1.29 is 0 Å². The normalized spacial score (nSPS) is 35.1. The van der Waals surface area contributed by atoms with E-state index in [1.807, 2.05) is 0 Å². The summed E-state index contributed by atoms with van der Waals surface area (Å²) >= 11 is 0. The Morgan fingerprint density at radius 1 is 1.29 bits per heavy atom. The number of hydrogen-bond donors (Lipinski definition) is 1. The van der Waals surface area contributed by atoms with Gasteiger partial charge in [0.1, 0.15) is 0 Å². The molecule has 2 aliphatic rings. The Labute approximate surface area is 85.5 Å². The van der Waals surface area contributed by atoms with Crippen LogP contribution in [-0.4, -0.2) is 6.54 Å². The molecule has 74 valence electrons.